The molecule has 0 radical (unpaired) electrons. The summed E-state index contributed by atoms with van der Waals surface area (Å²) < 4.78 is 5.23. The molecule has 0 aliphatic heterocycles. The van der Waals surface area contributed by atoms with E-state index in [2.05, 4.69) is 22.3 Å². The van der Waals surface area contributed by atoms with Crippen LogP contribution in [0, 0.1) is 0 Å². The van der Waals surface area contributed by atoms with Crippen molar-refractivity contribution < 1.29 is 4.74 Å². The van der Waals surface area contributed by atoms with Crippen molar-refractivity contribution >= 4 is 0 Å². The van der Waals surface area contributed by atoms with Gasteiger partial charge in [0.25, 0.3) is 0 Å². The van der Waals surface area contributed by atoms with Gasteiger partial charge in [-0.05, 0) is 36.1 Å². The molecule has 76 valence electrons. The van der Waals surface area contributed by atoms with Crippen molar-refractivity contribution in [1.29, 1.82) is 0 Å². The first-order valence-corrected chi connectivity index (χ1v) is 5.08. The van der Waals surface area contributed by atoms with E-state index in [1.54, 1.807) is 7.11 Å². The number of fused-ring (bicyclic) bond motifs is 3. The molecule has 0 amide bonds. The lowest BCUT2D eigenvalue weighted by molar-refractivity contribution is 0.414. The van der Waals surface area contributed by atoms with Gasteiger partial charge >= 0.3 is 0 Å². The fourth-order valence-electron chi connectivity index (χ4n) is 2.16. The number of H-pyrrole nitrogens is 1. The summed E-state index contributed by atoms with van der Waals surface area (Å²) in [6.45, 7) is 0. The van der Waals surface area contributed by atoms with E-state index in [-0.39, 0.29) is 0 Å². The average Bonchev–Trinajstić information content (AvgIpc) is 2.76. The fraction of sp³-hybridized carbons (Fsp3) is 0.250. The third-order valence-corrected chi connectivity index (χ3v) is 2.97. The van der Waals surface area contributed by atoms with Crippen molar-refractivity contribution in [2.75, 3.05) is 7.11 Å². The summed E-state index contributed by atoms with van der Waals surface area (Å²) in [5.41, 5.74) is 5.11. The molecule has 0 spiro atoms. The maximum Gasteiger partial charge on any atom is 0.119 e. The van der Waals surface area contributed by atoms with E-state index in [4.69, 9.17) is 4.74 Å². The van der Waals surface area contributed by atoms with Gasteiger partial charge in [-0.3, -0.25) is 5.10 Å². The Morgan fingerprint density at radius 1 is 1.27 bits per heavy atom. The van der Waals surface area contributed by atoms with Crippen LogP contribution in [0.5, 0.6) is 5.75 Å². The number of hydrogen-bond acceptors (Lipinski definition) is 2. The molecule has 1 aliphatic carbocycles. The Labute approximate surface area is 88.1 Å². The van der Waals surface area contributed by atoms with Gasteiger partial charge < -0.3 is 4.74 Å². The normalized spacial score (nSPS) is 13.1. The molecule has 3 heteroatoms. The molecule has 15 heavy (non-hydrogen) atoms. The van der Waals surface area contributed by atoms with Crippen LogP contribution in [0.1, 0.15) is 11.3 Å². The summed E-state index contributed by atoms with van der Waals surface area (Å²) in [7, 11) is 1.70. The van der Waals surface area contributed by atoms with Crippen molar-refractivity contribution in [1.82, 2.24) is 10.2 Å². The summed E-state index contributed by atoms with van der Waals surface area (Å²) in [5.74, 6) is 0.931. The van der Waals surface area contributed by atoms with E-state index < -0.39 is 0 Å². The van der Waals surface area contributed by atoms with Crippen LogP contribution in [-0.2, 0) is 12.8 Å². The molecule has 1 aromatic carbocycles. The van der Waals surface area contributed by atoms with Crippen LogP contribution < -0.4 is 4.74 Å². The quantitative estimate of drug-likeness (QED) is 0.766. The van der Waals surface area contributed by atoms with Crippen molar-refractivity contribution in [3.8, 4) is 16.9 Å². The van der Waals surface area contributed by atoms with E-state index in [9.17, 15) is 0 Å². The molecule has 0 atom stereocenters. The molecule has 1 heterocycles. The maximum atomic E-state index is 5.23. The highest BCUT2D eigenvalue weighted by atomic mass is 16.5. The zero-order valence-electron chi connectivity index (χ0n) is 8.58. The Balaban J connectivity index is 2.18. The second-order valence-corrected chi connectivity index (χ2v) is 3.79. The molecular formula is C12H12N2O. The minimum Gasteiger partial charge on any atom is -0.497 e. The SMILES string of the molecule is COc1ccc2c(c1)CCc1[nH]ncc1-2. The topological polar surface area (TPSA) is 37.9 Å². The predicted octanol–water partition coefficient (Wildman–Crippen LogP) is 2.18. The molecule has 1 aliphatic rings. The number of aromatic amines is 1. The number of benzene rings is 1. The standard InChI is InChI=1S/C12H12N2O/c1-15-9-3-4-10-8(6-9)2-5-12-11(10)7-13-14-12/h3-4,6-7H,2,5H2,1H3,(H,13,14). The van der Waals surface area contributed by atoms with Gasteiger partial charge in [0.2, 0.25) is 0 Å². The molecule has 0 saturated heterocycles. The minimum atomic E-state index is 0.931. The van der Waals surface area contributed by atoms with E-state index >= 15 is 0 Å². The third kappa shape index (κ3) is 1.23. The Bertz CT molecular complexity index is 502. The van der Waals surface area contributed by atoms with E-state index in [0.717, 1.165) is 18.6 Å². The zero-order chi connectivity index (χ0) is 10.3. The van der Waals surface area contributed by atoms with Crippen molar-refractivity contribution in [3.05, 3.63) is 35.7 Å². The van der Waals surface area contributed by atoms with Crippen LogP contribution in [-0.4, -0.2) is 17.3 Å². The van der Waals surface area contributed by atoms with Gasteiger partial charge in [0.15, 0.2) is 0 Å². The highest BCUT2D eigenvalue weighted by Crippen LogP contribution is 2.33. The maximum absolute atomic E-state index is 5.23. The largest absolute Gasteiger partial charge is 0.497 e. The van der Waals surface area contributed by atoms with Gasteiger partial charge in [-0.1, -0.05) is 6.07 Å². The Morgan fingerprint density at radius 3 is 3.07 bits per heavy atom. The number of nitrogens with zero attached hydrogens (tertiary/aromatic N) is 1. The van der Waals surface area contributed by atoms with Gasteiger partial charge in [-0.2, -0.15) is 5.10 Å². The zero-order valence-corrected chi connectivity index (χ0v) is 8.58. The van der Waals surface area contributed by atoms with E-state index in [1.807, 2.05) is 12.3 Å². The smallest absolute Gasteiger partial charge is 0.119 e. The van der Waals surface area contributed by atoms with E-state index in [0.29, 0.717) is 0 Å². The molecule has 3 nitrogen and oxygen atoms in total. The van der Waals surface area contributed by atoms with Crippen molar-refractivity contribution in [2.24, 2.45) is 0 Å². The Morgan fingerprint density at radius 2 is 2.20 bits per heavy atom. The van der Waals surface area contributed by atoms with Crippen LogP contribution >= 0.6 is 0 Å². The molecule has 0 bridgehead atoms. The highest BCUT2D eigenvalue weighted by molar-refractivity contribution is 5.72. The first-order chi connectivity index (χ1) is 7.38. The molecule has 0 unspecified atom stereocenters. The van der Waals surface area contributed by atoms with E-state index in [1.165, 1.54) is 22.4 Å². The molecule has 2 aromatic rings. The second-order valence-electron chi connectivity index (χ2n) is 3.79. The molecular weight excluding hydrogens is 188 g/mol. The third-order valence-electron chi connectivity index (χ3n) is 2.97. The van der Waals surface area contributed by atoms with Gasteiger partial charge in [-0.25, -0.2) is 0 Å². The summed E-state index contributed by atoms with van der Waals surface area (Å²) in [6.07, 6.45) is 4.00. The van der Waals surface area contributed by atoms with Crippen LogP contribution in [0.2, 0.25) is 0 Å². The number of hydrogen-bond donors (Lipinski definition) is 1. The fourth-order valence-corrected chi connectivity index (χ4v) is 2.16. The Hall–Kier alpha value is -1.77. The molecule has 0 saturated carbocycles. The minimum absolute atomic E-state index is 0.931. The highest BCUT2D eigenvalue weighted by Gasteiger charge is 2.17. The lowest BCUT2D eigenvalue weighted by Crippen LogP contribution is -2.03. The summed E-state index contributed by atoms with van der Waals surface area (Å²) in [6, 6.07) is 6.23. The van der Waals surface area contributed by atoms with Gasteiger partial charge in [0.05, 0.1) is 13.3 Å². The number of aromatic nitrogens is 2. The molecule has 1 N–H and O–H groups in total. The number of methoxy groups -OCH3 is 1. The number of aryl methyl sites for hydroxylation is 2. The van der Waals surface area contributed by atoms with Crippen LogP contribution in [0.25, 0.3) is 11.1 Å². The number of nitrogens with one attached hydrogen (secondary N) is 1. The van der Waals surface area contributed by atoms with Gasteiger partial charge in [0.1, 0.15) is 5.75 Å². The number of rotatable bonds is 1. The van der Waals surface area contributed by atoms with Crippen molar-refractivity contribution in [2.45, 2.75) is 12.8 Å². The van der Waals surface area contributed by atoms with Crippen LogP contribution in [0.3, 0.4) is 0 Å². The Kier molecular flexibility index (Phi) is 1.78. The van der Waals surface area contributed by atoms with Crippen LogP contribution in [0.15, 0.2) is 24.4 Å². The summed E-state index contributed by atoms with van der Waals surface area (Å²) >= 11 is 0. The molecule has 3 rings (SSSR count). The van der Waals surface area contributed by atoms with Crippen molar-refractivity contribution in [3.63, 3.8) is 0 Å². The number of ether oxygens (including phenoxy) is 1. The first kappa shape index (κ1) is 8.53. The lowest BCUT2D eigenvalue weighted by Gasteiger charge is -2.16. The average molecular weight is 200 g/mol. The monoisotopic (exact) mass is 200 g/mol. The summed E-state index contributed by atoms with van der Waals surface area (Å²) in [4.78, 5) is 0. The van der Waals surface area contributed by atoms with Gasteiger partial charge in [0, 0.05) is 11.3 Å². The summed E-state index contributed by atoms with van der Waals surface area (Å²) in [5, 5.41) is 7.13. The molecule has 0 fully saturated rings. The lowest BCUT2D eigenvalue weighted by atomic mass is 9.90. The second kappa shape index (κ2) is 3.12. The van der Waals surface area contributed by atoms with Gasteiger partial charge in [-0.15, -0.1) is 0 Å². The predicted molar refractivity (Wildman–Crippen MR) is 58.0 cm³/mol. The van der Waals surface area contributed by atoms with Crippen LogP contribution in [0.4, 0.5) is 0 Å². The molecule has 1 aromatic heterocycles. The first-order valence-electron chi connectivity index (χ1n) is 5.08.